The fraction of sp³-hybridized carbons (Fsp3) is 0.286. The number of sulfonamides is 1. The molecule has 92 valence electrons. The monoisotopic (exact) mass is 294 g/mol. The Morgan fingerprint density at radius 1 is 1.59 bits per heavy atom. The van der Waals surface area contributed by atoms with E-state index in [0.717, 1.165) is 11.3 Å². The van der Waals surface area contributed by atoms with Crippen molar-refractivity contribution >= 4 is 33.0 Å². The first-order valence-corrected chi connectivity index (χ1v) is 7.05. The third-order valence-corrected chi connectivity index (χ3v) is 4.69. The largest absolute Gasteiger partial charge is 0.340 e. The Morgan fingerprint density at radius 3 is 2.88 bits per heavy atom. The summed E-state index contributed by atoms with van der Waals surface area (Å²) in [6.07, 6.45) is 1.19. The first kappa shape index (κ1) is 12.4. The average Bonchev–Trinajstić information content (AvgIpc) is 2.85. The molecule has 10 heteroatoms. The van der Waals surface area contributed by atoms with Crippen molar-refractivity contribution in [2.24, 2.45) is 0 Å². The molecule has 2 rings (SSSR count). The van der Waals surface area contributed by atoms with Crippen LogP contribution in [0.3, 0.4) is 0 Å². The second-order valence-corrected chi connectivity index (χ2v) is 6.59. The summed E-state index contributed by atoms with van der Waals surface area (Å²) in [5, 5.41) is 3.57. The van der Waals surface area contributed by atoms with Crippen molar-refractivity contribution < 1.29 is 12.9 Å². The molecule has 0 saturated heterocycles. The van der Waals surface area contributed by atoms with Crippen LogP contribution in [0, 0.1) is 6.92 Å². The van der Waals surface area contributed by atoms with E-state index in [2.05, 4.69) is 19.8 Å². The number of hydrogen-bond acceptors (Lipinski definition) is 7. The molecule has 2 aromatic rings. The number of nitrogens with zero attached hydrogens (tertiary/aromatic N) is 3. The smallest absolute Gasteiger partial charge is 0.252 e. The summed E-state index contributed by atoms with van der Waals surface area (Å²) in [5.41, 5.74) is 0. The Kier molecular flexibility index (Phi) is 3.43. The molecule has 0 bridgehead atoms. The maximum absolute atomic E-state index is 11.7. The number of thiazole rings is 1. The molecule has 0 saturated carbocycles. The van der Waals surface area contributed by atoms with E-state index in [0.29, 0.717) is 5.89 Å². The van der Waals surface area contributed by atoms with Crippen LogP contribution in [0.2, 0.25) is 4.47 Å². The van der Waals surface area contributed by atoms with Gasteiger partial charge in [-0.05, 0) is 0 Å². The molecule has 7 nitrogen and oxygen atoms in total. The molecule has 0 radical (unpaired) electrons. The van der Waals surface area contributed by atoms with Crippen LogP contribution in [0.1, 0.15) is 11.7 Å². The molecule has 0 fully saturated rings. The van der Waals surface area contributed by atoms with Gasteiger partial charge in [0.25, 0.3) is 10.0 Å². The lowest BCUT2D eigenvalue weighted by molar-refractivity contribution is 0.387. The van der Waals surface area contributed by atoms with E-state index in [1.165, 1.54) is 6.20 Å². The van der Waals surface area contributed by atoms with Crippen molar-refractivity contribution in [1.82, 2.24) is 19.8 Å². The van der Waals surface area contributed by atoms with E-state index in [1.807, 2.05) is 0 Å². The highest BCUT2D eigenvalue weighted by molar-refractivity contribution is 7.91. The average molecular weight is 295 g/mol. The SMILES string of the molecule is Cc1nc(CNS(=O)(=O)c2cnc(Cl)s2)no1. The second-order valence-electron chi connectivity index (χ2n) is 2.99. The maximum Gasteiger partial charge on any atom is 0.252 e. The van der Waals surface area contributed by atoms with Gasteiger partial charge in [-0.3, -0.25) is 0 Å². The van der Waals surface area contributed by atoms with Crippen LogP contribution >= 0.6 is 22.9 Å². The summed E-state index contributed by atoms with van der Waals surface area (Å²) in [7, 11) is -3.63. The second kappa shape index (κ2) is 4.69. The van der Waals surface area contributed by atoms with E-state index >= 15 is 0 Å². The van der Waals surface area contributed by atoms with Gasteiger partial charge in [0.1, 0.15) is 0 Å². The molecule has 0 atom stereocenters. The fourth-order valence-corrected chi connectivity index (χ4v) is 3.32. The van der Waals surface area contributed by atoms with Crippen molar-refractivity contribution in [2.75, 3.05) is 0 Å². The van der Waals surface area contributed by atoms with E-state index in [-0.39, 0.29) is 21.0 Å². The zero-order chi connectivity index (χ0) is 12.5. The lowest BCUT2D eigenvalue weighted by Gasteiger charge is -1.99. The number of halogens is 1. The lowest BCUT2D eigenvalue weighted by Crippen LogP contribution is -2.23. The van der Waals surface area contributed by atoms with Gasteiger partial charge in [-0.1, -0.05) is 28.1 Å². The zero-order valence-corrected chi connectivity index (χ0v) is 10.9. The van der Waals surface area contributed by atoms with Gasteiger partial charge >= 0.3 is 0 Å². The van der Waals surface area contributed by atoms with Crippen LogP contribution in [0.15, 0.2) is 14.9 Å². The quantitative estimate of drug-likeness (QED) is 0.902. The lowest BCUT2D eigenvalue weighted by atomic mass is 10.6. The maximum atomic E-state index is 11.7. The molecule has 1 N–H and O–H groups in total. The number of aryl methyl sites for hydroxylation is 1. The summed E-state index contributed by atoms with van der Waals surface area (Å²) in [4.78, 5) is 7.53. The van der Waals surface area contributed by atoms with E-state index in [9.17, 15) is 8.42 Å². The molecular weight excluding hydrogens is 288 g/mol. The van der Waals surface area contributed by atoms with Crippen LogP contribution in [0.25, 0.3) is 0 Å². The molecule has 2 aromatic heterocycles. The molecule has 0 spiro atoms. The van der Waals surface area contributed by atoms with Gasteiger partial charge in [0.2, 0.25) is 5.89 Å². The molecular formula is C7H7ClN4O3S2. The number of aromatic nitrogens is 3. The minimum atomic E-state index is -3.63. The Labute approximate surface area is 106 Å². The minimum Gasteiger partial charge on any atom is -0.340 e. The minimum absolute atomic E-state index is 0.0442. The highest BCUT2D eigenvalue weighted by atomic mass is 35.5. The van der Waals surface area contributed by atoms with Crippen LogP contribution < -0.4 is 4.72 Å². The summed E-state index contributed by atoms with van der Waals surface area (Å²) < 4.78 is 30.7. The van der Waals surface area contributed by atoms with Gasteiger partial charge in [0.05, 0.1) is 12.7 Å². The topological polar surface area (TPSA) is 98.0 Å². The van der Waals surface area contributed by atoms with Crippen LogP contribution in [-0.2, 0) is 16.6 Å². The highest BCUT2D eigenvalue weighted by Gasteiger charge is 2.18. The van der Waals surface area contributed by atoms with Gasteiger partial charge in [0.15, 0.2) is 14.5 Å². The molecule has 0 aliphatic rings. The zero-order valence-electron chi connectivity index (χ0n) is 8.55. The number of rotatable bonds is 4. The molecule has 2 heterocycles. The van der Waals surface area contributed by atoms with Crippen molar-refractivity contribution in [1.29, 1.82) is 0 Å². The van der Waals surface area contributed by atoms with Crippen molar-refractivity contribution in [3.05, 3.63) is 22.4 Å². The Hall–Kier alpha value is -1.03. The van der Waals surface area contributed by atoms with Crippen LogP contribution in [-0.4, -0.2) is 23.5 Å². The van der Waals surface area contributed by atoms with Crippen LogP contribution in [0.4, 0.5) is 0 Å². The van der Waals surface area contributed by atoms with Gasteiger partial charge in [-0.25, -0.2) is 18.1 Å². The van der Waals surface area contributed by atoms with E-state index in [1.54, 1.807) is 6.92 Å². The van der Waals surface area contributed by atoms with Crippen molar-refractivity contribution in [3.8, 4) is 0 Å². The predicted molar refractivity (Wildman–Crippen MR) is 60.2 cm³/mol. The third kappa shape index (κ3) is 3.00. The molecule has 0 unspecified atom stereocenters. The molecule has 0 aliphatic heterocycles. The van der Waals surface area contributed by atoms with E-state index < -0.39 is 10.0 Å². The van der Waals surface area contributed by atoms with Crippen molar-refractivity contribution in [3.63, 3.8) is 0 Å². The van der Waals surface area contributed by atoms with Gasteiger partial charge in [0, 0.05) is 6.92 Å². The number of hydrogen-bond donors (Lipinski definition) is 1. The predicted octanol–water partition coefficient (Wildman–Crippen LogP) is 0.966. The summed E-state index contributed by atoms with van der Waals surface area (Å²) in [6.45, 7) is 1.57. The molecule has 0 aliphatic carbocycles. The summed E-state index contributed by atoms with van der Waals surface area (Å²) in [6, 6.07) is 0. The standard InChI is InChI=1S/C7H7ClN4O3S2/c1-4-11-5(12-15-4)2-10-17(13,14)6-3-9-7(8)16-6/h3,10H,2H2,1H3. The van der Waals surface area contributed by atoms with Gasteiger partial charge < -0.3 is 4.52 Å². The van der Waals surface area contributed by atoms with Crippen molar-refractivity contribution in [2.45, 2.75) is 17.7 Å². The van der Waals surface area contributed by atoms with Crippen LogP contribution in [0.5, 0.6) is 0 Å². The molecule has 0 aromatic carbocycles. The normalized spacial score (nSPS) is 11.9. The Bertz CT molecular complexity index is 621. The molecule has 0 amide bonds. The Balaban J connectivity index is 2.08. The van der Waals surface area contributed by atoms with Gasteiger partial charge in [-0.2, -0.15) is 4.98 Å². The number of nitrogens with one attached hydrogen (secondary N) is 1. The first-order valence-electron chi connectivity index (χ1n) is 4.37. The van der Waals surface area contributed by atoms with Gasteiger partial charge in [-0.15, -0.1) is 0 Å². The first-order chi connectivity index (χ1) is 7.97. The fourth-order valence-electron chi connectivity index (χ4n) is 1.01. The Morgan fingerprint density at radius 2 is 2.35 bits per heavy atom. The summed E-state index contributed by atoms with van der Waals surface area (Å²) in [5.74, 6) is 0.640. The van der Waals surface area contributed by atoms with E-state index in [4.69, 9.17) is 16.1 Å². The summed E-state index contributed by atoms with van der Waals surface area (Å²) >= 11 is 6.44. The molecule has 17 heavy (non-hydrogen) atoms. The highest BCUT2D eigenvalue weighted by Crippen LogP contribution is 2.22. The third-order valence-electron chi connectivity index (χ3n) is 1.71.